The van der Waals surface area contributed by atoms with E-state index in [-0.39, 0.29) is 17.6 Å². The van der Waals surface area contributed by atoms with Gasteiger partial charge >= 0.3 is 5.97 Å². The van der Waals surface area contributed by atoms with Crippen molar-refractivity contribution in [2.75, 3.05) is 13.2 Å². The summed E-state index contributed by atoms with van der Waals surface area (Å²) in [4.78, 5) is 11.8. The van der Waals surface area contributed by atoms with Gasteiger partial charge in [-0.25, -0.2) is 0 Å². The van der Waals surface area contributed by atoms with Crippen LogP contribution in [0.25, 0.3) is 0 Å². The van der Waals surface area contributed by atoms with Crippen molar-refractivity contribution in [3.05, 3.63) is 0 Å². The van der Waals surface area contributed by atoms with Gasteiger partial charge < -0.3 is 14.8 Å². The maximum absolute atomic E-state index is 11.8. The molecule has 0 aromatic carbocycles. The van der Waals surface area contributed by atoms with Crippen LogP contribution in [0.1, 0.15) is 53.4 Å². The smallest absolute Gasteiger partial charge is 0.323 e. The van der Waals surface area contributed by atoms with Crippen molar-refractivity contribution in [3.63, 3.8) is 0 Å². The van der Waals surface area contributed by atoms with E-state index in [0.29, 0.717) is 25.7 Å². The van der Waals surface area contributed by atoms with Crippen molar-refractivity contribution in [1.29, 1.82) is 0 Å². The lowest BCUT2D eigenvalue weighted by molar-refractivity contribution is -0.146. The van der Waals surface area contributed by atoms with E-state index >= 15 is 0 Å². The van der Waals surface area contributed by atoms with Gasteiger partial charge in [0.05, 0.1) is 12.2 Å². The molecule has 0 aliphatic heterocycles. The average Bonchev–Trinajstić information content (AvgIpc) is 3.12. The highest BCUT2D eigenvalue weighted by Gasteiger charge is 2.29. The molecule has 0 amide bonds. The molecule has 0 heterocycles. The third kappa shape index (κ3) is 5.83. The SMILES string of the molecule is CCOC(=O)C(CCOC(C)(C)CC)NC1CC1. The lowest BCUT2D eigenvalue weighted by Gasteiger charge is -2.25. The summed E-state index contributed by atoms with van der Waals surface area (Å²) in [5.74, 6) is -0.151. The summed E-state index contributed by atoms with van der Waals surface area (Å²) in [5, 5.41) is 3.33. The van der Waals surface area contributed by atoms with Gasteiger partial charge in [0, 0.05) is 12.6 Å². The Labute approximate surface area is 110 Å². The summed E-state index contributed by atoms with van der Waals surface area (Å²) < 4.78 is 10.9. The Balaban J connectivity index is 2.33. The molecule has 1 N–H and O–H groups in total. The second-order valence-electron chi connectivity index (χ2n) is 5.50. The normalized spacial score (nSPS) is 17.6. The lowest BCUT2D eigenvalue weighted by Crippen LogP contribution is -2.41. The second-order valence-corrected chi connectivity index (χ2v) is 5.50. The first-order chi connectivity index (χ1) is 8.48. The number of ether oxygens (including phenoxy) is 2. The number of carbonyl (C=O) groups is 1. The minimum absolute atomic E-state index is 0.112. The van der Waals surface area contributed by atoms with E-state index in [1.54, 1.807) is 0 Å². The number of carbonyl (C=O) groups excluding carboxylic acids is 1. The van der Waals surface area contributed by atoms with Crippen molar-refractivity contribution in [2.24, 2.45) is 0 Å². The summed E-state index contributed by atoms with van der Waals surface area (Å²) in [5.41, 5.74) is -0.112. The molecule has 1 aliphatic rings. The Kier molecular flexibility index (Phi) is 6.09. The average molecular weight is 257 g/mol. The molecular formula is C14H27NO3. The molecule has 0 radical (unpaired) electrons. The van der Waals surface area contributed by atoms with Crippen LogP contribution in [0.4, 0.5) is 0 Å². The van der Waals surface area contributed by atoms with Crippen LogP contribution in [0.3, 0.4) is 0 Å². The van der Waals surface area contributed by atoms with Crippen LogP contribution >= 0.6 is 0 Å². The van der Waals surface area contributed by atoms with Gasteiger partial charge in [-0.05, 0) is 46.5 Å². The van der Waals surface area contributed by atoms with Crippen LogP contribution in [-0.4, -0.2) is 36.9 Å². The zero-order chi connectivity index (χ0) is 13.6. The predicted molar refractivity (Wildman–Crippen MR) is 71.5 cm³/mol. The van der Waals surface area contributed by atoms with E-state index < -0.39 is 0 Å². The molecule has 1 aliphatic carbocycles. The maximum Gasteiger partial charge on any atom is 0.323 e. The molecule has 1 fully saturated rings. The summed E-state index contributed by atoms with van der Waals surface area (Å²) in [6.07, 6.45) is 3.97. The first-order valence-corrected chi connectivity index (χ1v) is 7.05. The number of hydrogen-bond donors (Lipinski definition) is 1. The van der Waals surface area contributed by atoms with Crippen molar-refractivity contribution >= 4 is 5.97 Å². The Morgan fingerprint density at radius 3 is 2.56 bits per heavy atom. The summed E-state index contributed by atoms with van der Waals surface area (Å²) >= 11 is 0. The minimum Gasteiger partial charge on any atom is -0.465 e. The Hall–Kier alpha value is -0.610. The van der Waals surface area contributed by atoms with E-state index in [4.69, 9.17) is 9.47 Å². The highest BCUT2D eigenvalue weighted by Crippen LogP contribution is 2.21. The third-order valence-electron chi connectivity index (χ3n) is 3.34. The van der Waals surface area contributed by atoms with E-state index in [9.17, 15) is 4.79 Å². The van der Waals surface area contributed by atoms with E-state index in [0.717, 1.165) is 19.3 Å². The predicted octanol–water partition coefficient (Wildman–Crippen LogP) is 2.27. The molecule has 1 rings (SSSR count). The molecule has 4 heteroatoms. The Morgan fingerprint density at radius 2 is 2.06 bits per heavy atom. The van der Waals surface area contributed by atoms with Gasteiger partial charge in [-0.2, -0.15) is 0 Å². The van der Waals surface area contributed by atoms with E-state index in [1.807, 2.05) is 6.92 Å². The molecule has 0 aromatic heterocycles. The highest BCUT2D eigenvalue weighted by molar-refractivity contribution is 5.75. The van der Waals surface area contributed by atoms with E-state index in [1.165, 1.54) is 0 Å². The molecule has 0 bridgehead atoms. The second kappa shape index (κ2) is 7.10. The number of rotatable bonds is 9. The first kappa shape index (κ1) is 15.4. The zero-order valence-electron chi connectivity index (χ0n) is 12.1. The number of esters is 1. The van der Waals surface area contributed by atoms with Crippen molar-refractivity contribution in [2.45, 2.75) is 71.1 Å². The largest absolute Gasteiger partial charge is 0.465 e. The molecule has 1 atom stereocenters. The monoisotopic (exact) mass is 257 g/mol. The summed E-state index contributed by atoms with van der Waals surface area (Å²) in [7, 11) is 0. The third-order valence-corrected chi connectivity index (χ3v) is 3.34. The van der Waals surface area contributed by atoms with Gasteiger partial charge in [-0.3, -0.25) is 4.79 Å². The molecule has 0 spiro atoms. The number of hydrogen-bond acceptors (Lipinski definition) is 4. The molecular weight excluding hydrogens is 230 g/mol. The molecule has 0 saturated heterocycles. The maximum atomic E-state index is 11.8. The topological polar surface area (TPSA) is 47.6 Å². The van der Waals surface area contributed by atoms with Gasteiger partial charge in [-0.15, -0.1) is 0 Å². The van der Waals surface area contributed by atoms with Gasteiger partial charge in [0.2, 0.25) is 0 Å². The van der Waals surface area contributed by atoms with E-state index in [2.05, 4.69) is 26.1 Å². The van der Waals surface area contributed by atoms with Crippen LogP contribution < -0.4 is 5.32 Å². The first-order valence-electron chi connectivity index (χ1n) is 7.05. The van der Waals surface area contributed by atoms with Gasteiger partial charge in [-0.1, -0.05) is 6.92 Å². The van der Waals surface area contributed by atoms with Crippen molar-refractivity contribution in [3.8, 4) is 0 Å². The van der Waals surface area contributed by atoms with Crippen LogP contribution in [-0.2, 0) is 14.3 Å². The lowest BCUT2D eigenvalue weighted by atomic mass is 10.1. The highest BCUT2D eigenvalue weighted by atomic mass is 16.5. The fourth-order valence-corrected chi connectivity index (χ4v) is 1.60. The fraction of sp³-hybridized carbons (Fsp3) is 0.929. The van der Waals surface area contributed by atoms with Crippen molar-refractivity contribution in [1.82, 2.24) is 5.32 Å². The standard InChI is InChI=1S/C14H27NO3/c1-5-14(3,4)18-10-9-12(13(16)17-6-2)15-11-7-8-11/h11-12,15H,5-10H2,1-4H3. The van der Waals surface area contributed by atoms with Crippen LogP contribution in [0.5, 0.6) is 0 Å². The number of nitrogens with one attached hydrogen (secondary N) is 1. The van der Waals surface area contributed by atoms with Crippen LogP contribution in [0, 0.1) is 0 Å². The van der Waals surface area contributed by atoms with Crippen LogP contribution in [0.15, 0.2) is 0 Å². The molecule has 1 saturated carbocycles. The minimum atomic E-state index is -0.217. The van der Waals surface area contributed by atoms with Gasteiger partial charge in [0.15, 0.2) is 0 Å². The van der Waals surface area contributed by atoms with Gasteiger partial charge in [0.25, 0.3) is 0 Å². The molecule has 0 aromatic rings. The Morgan fingerprint density at radius 1 is 1.39 bits per heavy atom. The summed E-state index contributed by atoms with van der Waals surface area (Å²) in [6, 6.07) is 0.281. The Bertz CT molecular complexity index is 262. The zero-order valence-corrected chi connectivity index (χ0v) is 12.1. The van der Waals surface area contributed by atoms with Crippen LogP contribution in [0.2, 0.25) is 0 Å². The fourth-order valence-electron chi connectivity index (χ4n) is 1.60. The molecule has 1 unspecified atom stereocenters. The van der Waals surface area contributed by atoms with Crippen molar-refractivity contribution < 1.29 is 14.3 Å². The molecule has 106 valence electrons. The molecule has 4 nitrogen and oxygen atoms in total. The van der Waals surface area contributed by atoms with Gasteiger partial charge in [0.1, 0.15) is 6.04 Å². The summed E-state index contributed by atoms with van der Waals surface area (Å²) in [6.45, 7) is 9.10. The molecule has 18 heavy (non-hydrogen) atoms. The quantitative estimate of drug-likeness (QED) is 0.644.